The van der Waals surface area contributed by atoms with Crippen molar-refractivity contribution in [2.75, 3.05) is 6.54 Å². The van der Waals surface area contributed by atoms with Crippen LogP contribution >= 0.6 is 11.3 Å². The van der Waals surface area contributed by atoms with Crippen LogP contribution in [0.2, 0.25) is 0 Å². The molecule has 1 aromatic carbocycles. The topological polar surface area (TPSA) is 60.1 Å². The Morgan fingerprint density at radius 1 is 1.12 bits per heavy atom. The average molecular weight is 363 g/mol. The Morgan fingerprint density at radius 2 is 2.00 bits per heavy atom. The molecule has 0 fully saturated rings. The van der Waals surface area contributed by atoms with Crippen molar-refractivity contribution in [3.05, 3.63) is 83.8 Å². The van der Waals surface area contributed by atoms with Gasteiger partial charge in [0.15, 0.2) is 0 Å². The van der Waals surface area contributed by atoms with Crippen molar-refractivity contribution in [1.82, 2.24) is 15.1 Å². The van der Waals surface area contributed by atoms with Gasteiger partial charge in [-0.05, 0) is 41.8 Å². The molecule has 0 saturated heterocycles. The van der Waals surface area contributed by atoms with Gasteiger partial charge in [0.2, 0.25) is 0 Å². The first-order chi connectivity index (χ1) is 12.8. The van der Waals surface area contributed by atoms with Crippen LogP contribution in [0.15, 0.2) is 76.7 Å². The second kappa shape index (κ2) is 7.41. The number of carbonyl (C=O) groups is 1. The summed E-state index contributed by atoms with van der Waals surface area (Å²) in [4.78, 5) is 13.8. The Kier molecular flexibility index (Phi) is 4.66. The van der Waals surface area contributed by atoms with E-state index in [2.05, 4.69) is 10.4 Å². The predicted molar refractivity (Wildman–Crippen MR) is 102 cm³/mol. The maximum Gasteiger partial charge on any atom is 0.270 e. The lowest BCUT2D eigenvalue weighted by atomic mass is 10.2. The Bertz CT molecular complexity index is 974. The zero-order valence-corrected chi connectivity index (χ0v) is 14.8. The second-order valence-corrected chi connectivity index (χ2v) is 6.67. The monoisotopic (exact) mass is 363 g/mol. The molecule has 1 amide bonds. The highest BCUT2D eigenvalue weighted by Gasteiger charge is 2.17. The molecule has 4 rings (SSSR count). The van der Waals surface area contributed by atoms with Crippen molar-refractivity contribution in [2.24, 2.45) is 0 Å². The van der Waals surface area contributed by atoms with Crippen LogP contribution < -0.4 is 5.32 Å². The van der Waals surface area contributed by atoms with Crippen molar-refractivity contribution in [1.29, 1.82) is 0 Å². The number of nitrogens with zero attached hydrogens (tertiary/aromatic N) is 2. The smallest absolute Gasteiger partial charge is 0.270 e. The van der Waals surface area contributed by atoms with Gasteiger partial charge >= 0.3 is 0 Å². The summed E-state index contributed by atoms with van der Waals surface area (Å²) in [7, 11) is 0. The molecule has 1 N–H and O–H groups in total. The lowest BCUT2D eigenvalue weighted by Gasteiger charge is -2.07. The van der Waals surface area contributed by atoms with Gasteiger partial charge in [-0.3, -0.25) is 4.79 Å². The van der Waals surface area contributed by atoms with Crippen molar-refractivity contribution >= 4 is 17.2 Å². The number of para-hydroxylation sites is 1. The van der Waals surface area contributed by atoms with Crippen LogP contribution in [0.25, 0.3) is 16.3 Å². The largest absolute Gasteiger partial charge is 0.469 e. The normalized spacial score (nSPS) is 10.8. The average Bonchev–Trinajstić information content (AvgIpc) is 3.42. The molecule has 0 spiro atoms. The number of carbonyl (C=O) groups excluding carboxylic acids is 1. The standard InChI is InChI=1S/C20H17N3O2S/c24-20(21-11-10-16-8-4-12-25-16)18-14-17(19-9-5-13-26-19)22-23(18)15-6-2-1-3-7-15/h1-9,12-14H,10-11H2,(H,21,24). The maximum atomic E-state index is 12.8. The number of hydrogen-bond acceptors (Lipinski definition) is 4. The Balaban J connectivity index is 1.59. The van der Waals surface area contributed by atoms with Gasteiger partial charge in [-0.25, -0.2) is 4.68 Å². The molecule has 0 unspecified atom stereocenters. The van der Waals surface area contributed by atoms with Gasteiger partial charge in [0.25, 0.3) is 5.91 Å². The van der Waals surface area contributed by atoms with Crippen LogP contribution in [-0.2, 0) is 6.42 Å². The molecule has 5 nitrogen and oxygen atoms in total. The minimum Gasteiger partial charge on any atom is -0.469 e. The van der Waals surface area contributed by atoms with Crippen LogP contribution in [-0.4, -0.2) is 22.2 Å². The fourth-order valence-corrected chi connectivity index (χ4v) is 3.38. The zero-order chi connectivity index (χ0) is 17.8. The number of aromatic nitrogens is 2. The molecule has 26 heavy (non-hydrogen) atoms. The zero-order valence-electron chi connectivity index (χ0n) is 14.0. The van der Waals surface area contributed by atoms with Crippen molar-refractivity contribution < 1.29 is 9.21 Å². The van der Waals surface area contributed by atoms with Gasteiger partial charge in [0.1, 0.15) is 17.1 Å². The van der Waals surface area contributed by atoms with E-state index in [0.29, 0.717) is 18.7 Å². The van der Waals surface area contributed by atoms with E-state index >= 15 is 0 Å². The van der Waals surface area contributed by atoms with E-state index in [-0.39, 0.29) is 5.91 Å². The molecule has 0 saturated carbocycles. The number of furan rings is 1. The van der Waals surface area contributed by atoms with Crippen LogP contribution in [0.1, 0.15) is 16.2 Å². The molecular weight excluding hydrogens is 346 g/mol. The van der Waals surface area contributed by atoms with E-state index in [1.807, 2.05) is 66.0 Å². The Morgan fingerprint density at radius 3 is 2.73 bits per heavy atom. The fraction of sp³-hybridized carbons (Fsp3) is 0.100. The summed E-state index contributed by atoms with van der Waals surface area (Å²) in [6.45, 7) is 0.501. The highest BCUT2D eigenvalue weighted by atomic mass is 32.1. The number of amides is 1. The Labute approximate surface area is 154 Å². The molecule has 0 aliphatic heterocycles. The van der Waals surface area contributed by atoms with Gasteiger partial charge in [0.05, 0.1) is 16.8 Å². The molecule has 6 heteroatoms. The van der Waals surface area contributed by atoms with Crippen molar-refractivity contribution in [3.63, 3.8) is 0 Å². The highest BCUT2D eigenvalue weighted by molar-refractivity contribution is 7.13. The van der Waals surface area contributed by atoms with Gasteiger partial charge in [-0.1, -0.05) is 24.3 Å². The fourth-order valence-electron chi connectivity index (χ4n) is 2.70. The maximum absolute atomic E-state index is 12.8. The van der Waals surface area contributed by atoms with Crippen LogP contribution in [0.5, 0.6) is 0 Å². The quantitative estimate of drug-likeness (QED) is 0.559. The second-order valence-electron chi connectivity index (χ2n) is 5.72. The lowest BCUT2D eigenvalue weighted by molar-refractivity contribution is 0.0946. The molecule has 0 bridgehead atoms. The number of rotatable bonds is 6. The van der Waals surface area contributed by atoms with Crippen LogP contribution in [0, 0.1) is 0 Å². The minimum absolute atomic E-state index is 0.157. The lowest BCUT2D eigenvalue weighted by Crippen LogP contribution is -2.27. The molecular formula is C20H17N3O2S. The van der Waals surface area contributed by atoms with Crippen LogP contribution in [0.4, 0.5) is 0 Å². The van der Waals surface area contributed by atoms with Crippen molar-refractivity contribution in [3.8, 4) is 16.3 Å². The van der Waals surface area contributed by atoms with Gasteiger partial charge in [-0.15, -0.1) is 11.3 Å². The summed E-state index contributed by atoms with van der Waals surface area (Å²) < 4.78 is 6.99. The third kappa shape index (κ3) is 3.45. The van der Waals surface area contributed by atoms with Crippen molar-refractivity contribution in [2.45, 2.75) is 6.42 Å². The van der Waals surface area contributed by atoms with E-state index in [0.717, 1.165) is 22.0 Å². The molecule has 3 aromatic heterocycles. The molecule has 0 radical (unpaired) electrons. The first kappa shape index (κ1) is 16.4. The predicted octanol–water partition coefficient (Wildman–Crippen LogP) is 4.17. The van der Waals surface area contributed by atoms with Gasteiger partial charge in [0, 0.05) is 13.0 Å². The highest BCUT2D eigenvalue weighted by Crippen LogP contribution is 2.25. The molecule has 3 heterocycles. The van der Waals surface area contributed by atoms with E-state index in [1.165, 1.54) is 0 Å². The summed E-state index contributed by atoms with van der Waals surface area (Å²) in [6, 6.07) is 19.2. The van der Waals surface area contributed by atoms with E-state index in [1.54, 1.807) is 22.3 Å². The SMILES string of the molecule is O=C(NCCc1ccco1)c1cc(-c2cccs2)nn1-c1ccccc1. The number of thiophene rings is 1. The molecule has 4 aromatic rings. The van der Waals surface area contributed by atoms with Gasteiger partial charge in [-0.2, -0.15) is 5.10 Å². The van der Waals surface area contributed by atoms with E-state index in [4.69, 9.17) is 4.42 Å². The Hall–Kier alpha value is -3.12. The number of nitrogens with one attached hydrogen (secondary N) is 1. The molecule has 0 aliphatic carbocycles. The third-order valence-electron chi connectivity index (χ3n) is 3.95. The summed E-state index contributed by atoms with van der Waals surface area (Å²) >= 11 is 1.60. The van der Waals surface area contributed by atoms with Gasteiger partial charge < -0.3 is 9.73 Å². The summed E-state index contributed by atoms with van der Waals surface area (Å²) in [6.07, 6.45) is 2.28. The number of benzene rings is 1. The van der Waals surface area contributed by atoms with E-state index in [9.17, 15) is 4.79 Å². The number of hydrogen-bond donors (Lipinski definition) is 1. The molecule has 0 atom stereocenters. The first-order valence-electron chi connectivity index (χ1n) is 8.31. The summed E-state index contributed by atoms with van der Waals surface area (Å²) in [5, 5.41) is 9.60. The molecule has 130 valence electrons. The summed E-state index contributed by atoms with van der Waals surface area (Å²) in [5.74, 6) is 0.692. The molecule has 0 aliphatic rings. The summed E-state index contributed by atoms with van der Waals surface area (Å²) in [5.41, 5.74) is 2.16. The van der Waals surface area contributed by atoms with Crippen LogP contribution in [0.3, 0.4) is 0 Å². The van der Waals surface area contributed by atoms with E-state index < -0.39 is 0 Å². The third-order valence-corrected chi connectivity index (χ3v) is 4.85. The first-order valence-corrected chi connectivity index (χ1v) is 9.19. The minimum atomic E-state index is -0.157.